The van der Waals surface area contributed by atoms with Gasteiger partial charge in [-0.25, -0.2) is 9.97 Å². The molecule has 0 spiro atoms. The molecule has 0 aromatic carbocycles. The van der Waals surface area contributed by atoms with E-state index in [-0.39, 0.29) is 0 Å². The molecule has 2 heterocycles. The lowest BCUT2D eigenvalue weighted by atomic mass is 10.3. The molecule has 1 unspecified atom stereocenters. The molecule has 6 heteroatoms. The van der Waals surface area contributed by atoms with Gasteiger partial charge in [-0.15, -0.1) is 0 Å². The third-order valence-corrected chi connectivity index (χ3v) is 4.32. The largest absolute Gasteiger partial charge is 0.383 e. The quantitative estimate of drug-likeness (QED) is 0.790. The van der Waals surface area contributed by atoms with E-state index in [1.165, 1.54) is 0 Å². The van der Waals surface area contributed by atoms with Crippen molar-refractivity contribution in [3.63, 3.8) is 0 Å². The molecule has 1 atom stereocenters. The molecule has 1 N–H and O–H groups in total. The van der Waals surface area contributed by atoms with Gasteiger partial charge in [-0.1, -0.05) is 0 Å². The van der Waals surface area contributed by atoms with Crippen molar-refractivity contribution in [2.75, 3.05) is 43.2 Å². The van der Waals surface area contributed by atoms with Crippen LogP contribution in [0.15, 0.2) is 12.4 Å². The molecule has 1 saturated heterocycles. The van der Waals surface area contributed by atoms with Crippen molar-refractivity contribution < 1.29 is 4.74 Å². The molecular weight excluding hydrogens is 260 g/mol. The second kappa shape index (κ2) is 7.67. The number of anilines is 1. The molecule has 19 heavy (non-hydrogen) atoms. The standard InChI is InChI=1S/C13H22N4OS/c1-11-10-19-6-4-17(11)13-15-8-12(9-16-13)7-14-3-5-18-2/h8-9,11,14H,3-7,10H2,1-2H3. The fourth-order valence-corrected chi connectivity index (χ4v) is 3.03. The van der Waals surface area contributed by atoms with E-state index >= 15 is 0 Å². The second-order valence-electron chi connectivity index (χ2n) is 4.68. The van der Waals surface area contributed by atoms with Crippen LogP contribution in [0.4, 0.5) is 5.95 Å². The first-order chi connectivity index (χ1) is 9.31. The molecule has 1 aliphatic heterocycles. The molecule has 1 aliphatic rings. The highest BCUT2D eigenvalue weighted by atomic mass is 32.2. The van der Waals surface area contributed by atoms with Crippen LogP contribution >= 0.6 is 11.8 Å². The van der Waals surface area contributed by atoms with Crippen LogP contribution in [0, 0.1) is 0 Å². The minimum atomic E-state index is 0.518. The van der Waals surface area contributed by atoms with Crippen LogP contribution in [0.5, 0.6) is 0 Å². The number of aromatic nitrogens is 2. The van der Waals surface area contributed by atoms with Crippen LogP contribution in [0.1, 0.15) is 12.5 Å². The maximum absolute atomic E-state index is 4.99. The SMILES string of the molecule is COCCNCc1cnc(N2CCSCC2C)nc1. The van der Waals surface area contributed by atoms with E-state index < -0.39 is 0 Å². The number of nitrogens with one attached hydrogen (secondary N) is 1. The van der Waals surface area contributed by atoms with Crippen LogP contribution in [0.25, 0.3) is 0 Å². The molecule has 5 nitrogen and oxygen atoms in total. The summed E-state index contributed by atoms with van der Waals surface area (Å²) < 4.78 is 4.99. The average molecular weight is 282 g/mol. The molecule has 0 radical (unpaired) electrons. The van der Waals surface area contributed by atoms with Gasteiger partial charge in [0.15, 0.2) is 0 Å². The molecule has 0 saturated carbocycles. The van der Waals surface area contributed by atoms with E-state index in [1.807, 2.05) is 24.2 Å². The number of rotatable bonds is 6. The molecule has 0 bridgehead atoms. The van der Waals surface area contributed by atoms with Gasteiger partial charge in [0.2, 0.25) is 5.95 Å². The molecule has 1 aromatic heterocycles. The average Bonchev–Trinajstić information content (AvgIpc) is 2.45. The van der Waals surface area contributed by atoms with E-state index in [4.69, 9.17) is 4.74 Å². The zero-order chi connectivity index (χ0) is 13.5. The Kier molecular flexibility index (Phi) is 5.88. The second-order valence-corrected chi connectivity index (χ2v) is 5.83. The molecule has 2 rings (SSSR count). The Morgan fingerprint density at radius 3 is 2.95 bits per heavy atom. The van der Waals surface area contributed by atoms with Crippen LogP contribution in [0.2, 0.25) is 0 Å². The number of thioether (sulfide) groups is 1. The predicted molar refractivity (Wildman–Crippen MR) is 79.7 cm³/mol. The highest BCUT2D eigenvalue weighted by Gasteiger charge is 2.20. The van der Waals surface area contributed by atoms with Gasteiger partial charge in [-0.3, -0.25) is 0 Å². The summed E-state index contributed by atoms with van der Waals surface area (Å²) in [5.41, 5.74) is 1.11. The molecule has 106 valence electrons. The van der Waals surface area contributed by atoms with E-state index in [0.29, 0.717) is 6.04 Å². The van der Waals surface area contributed by atoms with E-state index in [1.54, 1.807) is 7.11 Å². The number of nitrogens with zero attached hydrogens (tertiary/aromatic N) is 3. The minimum Gasteiger partial charge on any atom is -0.383 e. The Morgan fingerprint density at radius 2 is 2.26 bits per heavy atom. The van der Waals surface area contributed by atoms with Gasteiger partial charge in [0.25, 0.3) is 0 Å². The highest BCUT2D eigenvalue weighted by Crippen LogP contribution is 2.20. The van der Waals surface area contributed by atoms with E-state index in [2.05, 4.69) is 27.1 Å². The third-order valence-electron chi connectivity index (χ3n) is 3.13. The summed E-state index contributed by atoms with van der Waals surface area (Å²) >= 11 is 2.00. The van der Waals surface area contributed by atoms with Crippen molar-refractivity contribution >= 4 is 17.7 Å². The predicted octanol–water partition coefficient (Wildman–Crippen LogP) is 1.15. The first-order valence-electron chi connectivity index (χ1n) is 6.66. The van der Waals surface area contributed by atoms with Crippen molar-refractivity contribution in [3.05, 3.63) is 18.0 Å². The monoisotopic (exact) mass is 282 g/mol. The molecule has 0 amide bonds. The van der Waals surface area contributed by atoms with Crippen LogP contribution in [-0.2, 0) is 11.3 Å². The van der Waals surface area contributed by atoms with Gasteiger partial charge < -0.3 is 15.0 Å². The molecular formula is C13H22N4OS. The first kappa shape index (κ1) is 14.6. The Hall–Kier alpha value is -0.850. The summed E-state index contributed by atoms with van der Waals surface area (Å²) in [5, 5.41) is 3.29. The highest BCUT2D eigenvalue weighted by molar-refractivity contribution is 7.99. The third kappa shape index (κ3) is 4.33. The summed E-state index contributed by atoms with van der Waals surface area (Å²) in [7, 11) is 1.71. The Labute approximate surface area is 119 Å². The van der Waals surface area contributed by atoms with E-state index in [9.17, 15) is 0 Å². The summed E-state index contributed by atoms with van der Waals surface area (Å²) in [5.74, 6) is 3.17. The van der Waals surface area contributed by atoms with Crippen molar-refractivity contribution in [3.8, 4) is 0 Å². The first-order valence-corrected chi connectivity index (χ1v) is 7.81. The van der Waals surface area contributed by atoms with Gasteiger partial charge in [0, 0.05) is 62.2 Å². The van der Waals surface area contributed by atoms with Crippen molar-refractivity contribution in [2.24, 2.45) is 0 Å². The van der Waals surface area contributed by atoms with Crippen LogP contribution in [0.3, 0.4) is 0 Å². The van der Waals surface area contributed by atoms with Crippen LogP contribution < -0.4 is 10.2 Å². The maximum atomic E-state index is 4.99. The lowest BCUT2D eigenvalue weighted by molar-refractivity contribution is 0.199. The summed E-state index contributed by atoms with van der Waals surface area (Å²) in [4.78, 5) is 11.3. The summed E-state index contributed by atoms with van der Waals surface area (Å²) in [6.45, 7) is 5.63. The van der Waals surface area contributed by atoms with Crippen molar-refractivity contribution in [1.29, 1.82) is 0 Å². The Morgan fingerprint density at radius 1 is 1.47 bits per heavy atom. The minimum absolute atomic E-state index is 0.518. The lowest BCUT2D eigenvalue weighted by Crippen LogP contribution is -2.41. The van der Waals surface area contributed by atoms with Gasteiger partial charge in [0.1, 0.15) is 0 Å². The molecule has 1 aromatic rings. The zero-order valence-corrected chi connectivity index (χ0v) is 12.4. The van der Waals surface area contributed by atoms with Crippen LogP contribution in [-0.4, -0.2) is 54.3 Å². The van der Waals surface area contributed by atoms with Crippen molar-refractivity contribution in [1.82, 2.24) is 15.3 Å². The number of hydrogen-bond acceptors (Lipinski definition) is 6. The number of methoxy groups -OCH3 is 1. The summed E-state index contributed by atoms with van der Waals surface area (Å²) in [6.07, 6.45) is 3.83. The van der Waals surface area contributed by atoms with E-state index in [0.717, 1.165) is 49.3 Å². The maximum Gasteiger partial charge on any atom is 0.225 e. The topological polar surface area (TPSA) is 50.3 Å². The molecule has 1 fully saturated rings. The zero-order valence-electron chi connectivity index (χ0n) is 11.6. The van der Waals surface area contributed by atoms with Gasteiger partial charge in [-0.05, 0) is 6.92 Å². The number of ether oxygens (including phenoxy) is 1. The summed E-state index contributed by atoms with van der Waals surface area (Å²) in [6, 6.07) is 0.518. The fraction of sp³-hybridized carbons (Fsp3) is 0.692. The lowest BCUT2D eigenvalue weighted by Gasteiger charge is -2.32. The Balaban J connectivity index is 1.87. The Bertz CT molecular complexity index is 373. The molecule has 0 aliphatic carbocycles. The normalized spacial score (nSPS) is 19.7. The number of hydrogen-bond donors (Lipinski definition) is 1. The fourth-order valence-electron chi connectivity index (χ4n) is 2.02. The van der Waals surface area contributed by atoms with Gasteiger partial charge in [0.05, 0.1) is 6.61 Å². The van der Waals surface area contributed by atoms with Gasteiger partial charge >= 0.3 is 0 Å². The van der Waals surface area contributed by atoms with Gasteiger partial charge in [-0.2, -0.15) is 11.8 Å². The van der Waals surface area contributed by atoms with Crippen molar-refractivity contribution in [2.45, 2.75) is 19.5 Å². The smallest absolute Gasteiger partial charge is 0.225 e.